The number of nitrogens with two attached hydrogens (primary N) is 1. The van der Waals surface area contributed by atoms with Crippen molar-refractivity contribution in [2.45, 2.75) is 32.1 Å². The second-order valence-electron chi connectivity index (χ2n) is 8.63. The first-order chi connectivity index (χ1) is 17.0. The first-order valence-corrected chi connectivity index (χ1v) is 11.8. The molecule has 1 aliphatic heterocycles. The van der Waals surface area contributed by atoms with Crippen LogP contribution in [0.15, 0.2) is 61.1 Å². The predicted octanol–water partition coefficient (Wildman–Crippen LogP) is 3.74. The van der Waals surface area contributed by atoms with Gasteiger partial charge in [0, 0.05) is 55.1 Å². The van der Waals surface area contributed by atoms with E-state index in [9.17, 15) is 9.59 Å². The lowest BCUT2D eigenvalue weighted by atomic mass is 9.97. The first kappa shape index (κ1) is 22.5. The SMILES string of the molecule is CCC(=O)N1CCCC(c2nc(-c3ccc(C(=O)Nc4ccccn4)cc3)c3c(N)nccn23)C1. The molecule has 0 spiro atoms. The quantitative estimate of drug-likeness (QED) is 0.460. The minimum atomic E-state index is -0.241. The Labute approximate surface area is 203 Å². The standard InChI is InChI=1S/C26H27N7O2/c1-2-21(34)32-14-5-6-19(16-32)25-31-22(23-24(27)29-13-15-33(23)25)17-8-10-18(11-9-17)26(35)30-20-7-3-4-12-28-20/h3-4,7-13,15,19H,2,5-6,14,16H2,1H3,(H2,27,29)(H,28,30,35). The summed E-state index contributed by atoms with van der Waals surface area (Å²) in [6.07, 6.45) is 7.54. The topological polar surface area (TPSA) is 119 Å². The monoisotopic (exact) mass is 469 g/mol. The zero-order valence-corrected chi connectivity index (χ0v) is 19.5. The number of hydrogen-bond acceptors (Lipinski definition) is 6. The van der Waals surface area contributed by atoms with Crippen molar-refractivity contribution in [3.05, 3.63) is 72.4 Å². The molecular weight excluding hydrogens is 442 g/mol. The molecule has 4 aromatic rings. The molecule has 1 aromatic carbocycles. The normalized spacial score (nSPS) is 15.8. The summed E-state index contributed by atoms with van der Waals surface area (Å²) in [5.41, 5.74) is 9.07. The number of hydrogen-bond donors (Lipinski definition) is 2. The maximum absolute atomic E-state index is 12.6. The maximum atomic E-state index is 12.6. The van der Waals surface area contributed by atoms with Gasteiger partial charge in [0.25, 0.3) is 5.91 Å². The van der Waals surface area contributed by atoms with Crippen molar-refractivity contribution in [3.63, 3.8) is 0 Å². The largest absolute Gasteiger partial charge is 0.382 e. The fourth-order valence-corrected chi connectivity index (χ4v) is 4.62. The Morgan fingerprint density at radius 1 is 1.11 bits per heavy atom. The van der Waals surface area contributed by atoms with Crippen LogP contribution in [0.1, 0.15) is 48.3 Å². The molecule has 2 amide bonds. The number of benzene rings is 1. The third kappa shape index (κ3) is 4.44. The number of rotatable bonds is 5. The number of carbonyl (C=O) groups excluding carboxylic acids is 2. The van der Waals surface area contributed by atoms with E-state index in [1.54, 1.807) is 36.7 Å². The van der Waals surface area contributed by atoms with Crippen molar-refractivity contribution in [2.24, 2.45) is 0 Å². The highest BCUT2D eigenvalue weighted by Crippen LogP contribution is 2.34. The van der Waals surface area contributed by atoms with E-state index >= 15 is 0 Å². The van der Waals surface area contributed by atoms with Gasteiger partial charge >= 0.3 is 0 Å². The summed E-state index contributed by atoms with van der Waals surface area (Å²) in [5, 5.41) is 2.79. The third-order valence-corrected chi connectivity index (χ3v) is 6.38. The molecular formula is C26H27N7O2. The summed E-state index contributed by atoms with van der Waals surface area (Å²) in [4.78, 5) is 40.3. The van der Waals surface area contributed by atoms with E-state index in [1.807, 2.05) is 40.6 Å². The Morgan fingerprint density at radius 3 is 2.69 bits per heavy atom. The van der Waals surface area contributed by atoms with Crippen LogP contribution in [0.25, 0.3) is 16.8 Å². The van der Waals surface area contributed by atoms with Crippen LogP contribution < -0.4 is 11.1 Å². The van der Waals surface area contributed by atoms with Crippen LogP contribution in [0.2, 0.25) is 0 Å². The molecule has 0 radical (unpaired) electrons. The van der Waals surface area contributed by atoms with Crippen molar-refractivity contribution < 1.29 is 9.59 Å². The van der Waals surface area contributed by atoms with E-state index in [1.165, 1.54) is 0 Å². The minimum absolute atomic E-state index is 0.103. The number of piperidine rings is 1. The minimum Gasteiger partial charge on any atom is -0.382 e. The van der Waals surface area contributed by atoms with Gasteiger partial charge in [-0.15, -0.1) is 0 Å². The lowest BCUT2D eigenvalue weighted by Gasteiger charge is -2.32. The van der Waals surface area contributed by atoms with Crippen LogP contribution in [0, 0.1) is 0 Å². The summed E-state index contributed by atoms with van der Waals surface area (Å²) in [6.45, 7) is 3.31. The molecule has 9 nitrogen and oxygen atoms in total. The second-order valence-corrected chi connectivity index (χ2v) is 8.63. The van der Waals surface area contributed by atoms with Gasteiger partial charge in [-0.05, 0) is 37.1 Å². The van der Waals surface area contributed by atoms with E-state index in [0.717, 1.165) is 36.3 Å². The van der Waals surface area contributed by atoms with Crippen molar-refractivity contribution in [1.82, 2.24) is 24.3 Å². The number of nitrogen functional groups attached to an aromatic ring is 1. The zero-order chi connectivity index (χ0) is 24.4. The van der Waals surface area contributed by atoms with Gasteiger partial charge in [-0.1, -0.05) is 25.1 Å². The van der Waals surface area contributed by atoms with E-state index in [0.29, 0.717) is 35.9 Å². The van der Waals surface area contributed by atoms with Gasteiger partial charge in [0.05, 0.1) is 0 Å². The molecule has 0 saturated carbocycles. The highest BCUT2D eigenvalue weighted by molar-refractivity contribution is 6.04. The van der Waals surface area contributed by atoms with E-state index in [-0.39, 0.29) is 17.7 Å². The molecule has 4 heterocycles. The molecule has 178 valence electrons. The summed E-state index contributed by atoms with van der Waals surface area (Å²) in [7, 11) is 0. The number of nitrogens with one attached hydrogen (secondary N) is 1. The summed E-state index contributed by atoms with van der Waals surface area (Å²) in [6, 6.07) is 12.6. The molecule has 1 atom stereocenters. The van der Waals surface area contributed by atoms with Gasteiger partial charge in [0.2, 0.25) is 5.91 Å². The number of imidazole rings is 1. The molecule has 1 saturated heterocycles. The van der Waals surface area contributed by atoms with Gasteiger partial charge in [0.1, 0.15) is 28.7 Å². The van der Waals surface area contributed by atoms with Crippen LogP contribution in [-0.2, 0) is 4.79 Å². The second kappa shape index (κ2) is 9.54. The van der Waals surface area contributed by atoms with E-state index < -0.39 is 0 Å². The van der Waals surface area contributed by atoms with Gasteiger partial charge in [-0.25, -0.2) is 15.0 Å². The fraction of sp³-hybridized carbons (Fsp3) is 0.269. The molecule has 3 N–H and O–H groups in total. The average molecular weight is 470 g/mol. The van der Waals surface area contributed by atoms with Gasteiger partial charge in [-0.3, -0.25) is 14.0 Å². The average Bonchev–Trinajstić information content (AvgIpc) is 3.30. The van der Waals surface area contributed by atoms with Crippen LogP contribution >= 0.6 is 0 Å². The smallest absolute Gasteiger partial charge is 0.256 e. The fourth-order valence-electron chi connectivity index (χ4n) is 4.62. The molecule has 5 rings (SSSR count). The maximum Gasteiger partial charge on any atom is 0.256 e. The zero-order valence-electron chi connectivity index (χ0n) is 19.5. The lowest BCUT2D eigenvalue weighted by molar-refractivity contribution is -0.132. The third-order valence-electron chi connectivity index (χ3n) is 6.38. The summed E-state index contributed by atoms with van der Waals surface area (Å²) >= 11 is 0. The van der Waals surface area contributed by atoms with E-state index in [2.05, 4.69) is 15.3 Å². The Morgan fingerprint density at radius 2 is 1.94 bits per heavy atom. The Hall–Kier alpha value is -4.27. The number of aromatic nitrogens is 4. The Balaban J connectivity index is 1.47. The van der Waals surface area contributed by atoms with Crippen molar-refractivity contribution in [3.8, 4) is 11.3 Å². The van der Waals surface area contributed by atoms with E-state index in [4.69, 9.17) is 10.7 Å². The highest BCUT2D eigenvalue weighted by Gasteiger charge is 2.28. The van der Waals surface area contributed by atoms with Gasteiger partial charge in [0.15, 0.2) is 0 Å². The van der Waals surface area contributed by atoms with Gasteiger partial charge < -0.3 is 16.0 Å². The van der Waals surface area contributed by atoms with Crippen LogP contribution in [-0.4, -0.2) is 49.2 Å². The van der Waals surface area contributed by atoms with Crippen molar-refractivity contribution in [1.29, 1.82) is 0 Å². The van der Waals surface area contributed by atoms with Crippen LogP contribution in [0.4, 0.5) is 11.6 Å². The highest BCUT2D eigenvalue weighted by atomic mass is 16.2. The summed E-state index contributed by atoms with van der Waals surface area (Å²) in [5.74, 6) is 1.77. The number of likely N-dealkylation sites (tertiary alicyclic amines) is 1. The molecule has 35 heavy (non-hydrogen) atoms. The predicted molar refractivity (Wildman–Crippen MR) is 134 cm³/mol. The molecule has 3 aromatic heterocycles. The molecule has 0 bridgehead atoms. The van der Waals surface area contributed by atoms with Crippen molar-refractivity contribution >= 4 is 29.0 Å². The Bertz CT molecular complexity index is 1370. The molecule has 1 aliphatic rings. The molecule has 0 aliphatic carbocycles. The number of anilines is 2. The molecule has 9 heteroatoms. The van der Waals surface area contributed by atoms with Crippen LogP contribution in [0.3, 0.4) is 0 Å². The number of pyridine rings is 1. The number of fused-ring (bicyclic) bond motifs is 1. The molecule has 1 fully saturated rings. The first-order valence-electron chi connectivity index (χ1n) is 11.8. The Kier molecular flexibility index (Phi) is 6.13. The van der Waals surface area contributed by atoms with Gasteiger partial charge in [-0.2, -0.15) is 0 Å². The molecule has 1 unspecified atom stereocenters. The number of amides is 2. The lowest BCUT2D eigenvalue weighted by Crippen LogP contribution is -2.39. The van der Waals surface area contributed by atoms with Crippen LogP contribution in [0.5, 0.6) is 0 Å². The number of carbonyl (C=O) groups is 2. The van der Waals surface area contributed by atoms with Crippen molar-refractivity contribution in [2.75, 3.05) is 24.1 Å². The summed E-state index contributed by atoms with van der Waals surface area (Å²) < 4.78 is 1.99. The number of nitrogens with zero attached hydrogens (tertiary/aromatic N) is 5.